The molecule has 2 aliphatic rings. The van der Waals surface area contributed by atoms with Gasteiger partial charge in [0.05, 0.1) is 11.7 Å². The normalized spacial score (nSPS) is 25.9. The van der Waals surface area contributed by atoms with Crippen LogP contribution in [0.5, 0.6) is 0 Å². The number of nitrogens with zero attached hydrogens (tertiary/aromatic N) is 4. The van der Waals surface area contributed by atoms with Gasteiger partial charge in [-0.05, 0) is 44.5 Å². The minimum absolute atomic E-state index is 0.0858. The minimum atomic E-state index is 0.0858. The highest BCUT2D eigenvalue weighted by molar-refractivity contribution is 8.14. The summed E-state index contributed by atoms with van der Waals surface area (Å²) < 4.78 is 2.43. The van der Waals surface area contributed by atoms with E-state index >= 15 is 0 Å². The van der Waals surface area contributed by atoms with Crippen LogP contribution >= 0.6 is 11.8 Å². The van der Waals surface area contributed by atoms with Crippen LogP contribution in [0.15, 0.2) is 41.5 Å². The summed E-state index contributed by atoms with van der Waals surface area (Å²) >= 11 is 1.90. The maximum Gasteiger partial charge on any atom is 0.160 e. The van der Waals surface area contributed by atoms with Gasteiger partial charge < -0.3 is 9.47 Å². The summed E-state index contributed by atoms with van der Waals surface area (Å²) in [5.74, 6) is 1.15. The zero-order valence-electron chi connectivity index (χ0n) is 14.5. The van der Waals surface area contributed by atoms with Crippen molar-refractivity contribution in [1.29, 1.82) is 0 Å². The van der Waals surface area contributed by atoms with E-state index in [9.17, 15) is 0 Å². The highest BCUT2D eigenvalue weighted by Gasteiger charge is 2.46. The largest absolute Gasteiger partial charge is 0.347 e. The van der Waals surface area contributed by atoms with Crippen LogP contribution in [0.3, 0.4) is 0 Å². The second-order valence-corrected chi connectivity index (χ2v) is 7.47. The third-order valence-corrected chi connectivity index (χ3v) is 6.31. The first-order valence-corrected chi connectivity index (χ1v) is 9.79. The topological polar surface area (TPSA) is 33.4 Å². The smallest absolute Gasteiger partial charge is 0.160 e. The Kier molecular flexibility index (Phi) is 4.12. The van der Waals surface area contributed by atoms with Crippen LogP contribution in [-0.2, 0) is 6.54 Å². The SMILES string of the molecule is CC[C@H]1CSC2=N[C@@H](c3ccccn3)[C@@H](c3ccc(C)n3CC)N21. The van der Waals surface area contributed by atoms with E-state index in [1.54, 1.807) is 0 Å². The van der Waals surface area contributed by atoms with Crippen LogP contribution < -0.4 is 0 Å². The number of amidine groups is 1. The molecule has 0 bridgehead atoms. The molecule has 4 nitrogen and oxygen atoms in total. The summed E-state index contributed by atoms with van der Waals surface area (Å²) in [4.78, 5) is 12.3. The molecule has 0 radical (unpaired) electrons. The molecule has 0 saturated carbocycles. The van der Waals surface area contributed by atoms with Gasteiger partial charge in [0, 0.05) is 35.9 Å². The van der Waals surface area contributed by atoms with Crippen LogP contribution in [0, 0.1) is 6.92 Å². The Labute approximate surface area is 148 Å². The fourth-order valence-corrected chi connectivity index (χ4v) is 5.29. The van der Waals surface area contributed by atoms with Crippen molar-refractivity contribution < 1.29 is 0 Å². The number of thioether (sulfide) groups is 1. The van der Waals surface area contributed by atoms with Crippen molar-refractivity contribution in [3.63, 3.8) is 0 Å². The molecule has 4 rings (SSSR count). The van der Waals surface area contributed by atoms with Crippen molar-refractivity contribution >= 4 is 16.9 Å². The summed E-state index contributed by atoms with van der Waals surface area (Å²) in [6, 6.07) is 11.6. The van der Waals surface area contributed by atoms with Gasteiger partial charge in [0.15, 0.2) is 5.17 Å². The molecule has 0 aromatic carbocycles. The van der Waals surface area contributed by atoms with Gasteiger partial charge in [-0.1, -0.05) is 24.8 Å². The van der Waals surface area contributed by atoms with Gasteiger partial charge in [-0.2, -0.15) is 0 Å². The lowest BCUT2D eigenvalue weighted by Gasteiger charge is -2.32. The Balaban J connectivity index is 1.82. The Morgan fingerprint density at radius 3 is 2.79 bits per heavy atom. The zero-order chi connectivity index (χ0) is 16.7. The van der Waals surface area contributed by atoms with Gasteiger partial charge in [0.25, 0.3) is 0 Å². The number of rotatable bonds is 4. The van der Waals surface area contributed by atoms with E-state index in [1.807, 2.05) is 24.0 Å². The lowest BCUT2D eigenvalue weighted by atomic mass is 9.99. The molecule has 24 heavy (non-hydrogen) atoms. The average Bonchev–Trinajstić information content (AvgIpc) is 3.28. The molecule has 4 heterocycles. The second-order valence-electron chi connectivity index (χ2n) is 6.48. The van der Waals surface area contributed by atoms with Gasteiger partial charge in [-0.3, -0.25) is 9.98 Å². The Morgan fingerprint density at radius 2 is 2.08 bits per heavy atom. The Bertz CT molecular complexity index is 752. The lowest BCUT2D eigenvalue weighted by Crippen LogP contribution is -2.36. The number of aryl methyl sites for hydroxylation is 1. The molecule has 0 unspecified atom stereocenters. The number of aromatic nitrogens is 2. The molecule has 0 amide bonds. The van der Waals surface area contributed by atoms with Gasteiger partial charge >= 0.3 is 0 Å². The maximum atomic E-state index is 5.09. The maximum absolute atomic E-state index is 5.09. The van der Waals surface area contributed by atoms with Crippen molar-refractivity contribution in [1.82, 2.24) is 14.5 Å². The highest BCUT2D eigenvalue weighted by Crippen LogP contribution is 2.48. The molecule has 126 valence electrons. The van der Waals surface area contributed by atoms with Gasteiger partial charge in [-0.25, -0.2) is 0 Å². The highest BCUT2D eigenvalue weighted by atomic mass is 32.2. The zero-order valence-corrected chi connectivity index (χ0v) is 15.3. The predicted molar refractivity (Wildman–Crippen MR) is 100 cm³/mol. The van der Waals surface area contributed by atoms with Gasteiger partial charge in [0.2, 0.25) is 0 Å². The van der Waals surface area contributed by atoms with Gasteiger partial charge in [0.1, 0.15) is 6.04 Å². The molecule has 1 saturated heterocycles. The molecule has 2 aromatic heterocycles. The van der Waals surface area contributed by atoms with Crippen LogP contribution in [-0.4, -0.2) is 31.4 Å². The fraction of sp³-hybridized carbons (Fsp3) is 0.474. The third kappa shape index (κ3) is 2.37. The second kappa shape index (κ2) is 6.28. The molecule has 5 heteroatoms. The first-order chi connectivity index (χ1) is 11.7. The standard InChI is InChI=1S/C19H24N4S/c1-4-14-12-24-19-21-17(15-8-6-7-11-20-15)18(23(14)19)16-10-9-13(3)22(16)5-2/h6-11,14,17-18H,4-5,12H2,1-3H3/t14-,17-,18+/m0/s1. The first kappa shape index (κ1) is 15.8. The molecule has 0 N–H and O–H groups in total. The molecule has 0 spiro atoms. The third-order valence-electron chi connectivity index (χ3n) is 5.18. The van der Waals surface area contributed by atoms with Crippen molar-refractivity contribution in [2.75, 3.05) is 5.75 Å². The molecular weight excluding hydrogens is 316 g/mol. The number of hydrogen-bond donors (Lipinski definition) is 0. The molecule has 2 aliphatic heterocycles. The summed E-state index contributed by atoms with van der Waals surface area (Å²) in [7, 11) is 0. The van der Waals surface area contributed by atoms with E-state index in [0.717, 1.165) is 24.4 Å². The van der Waals surface area contributed by atoms with Crippen LogP contribution in [0.1, 0.15) is 49.4 Å². The minimum Gasteiger partial charge on any atom is -0.347 e. The summed E-state index contributed by atoms with van der Waals surface area (Å²) in [6.45, 7) is 7.69. The summed E-state index contributed by atoms with van der Waals surface area (Å²) in [5, 5.41) is 1.20. The molecule has 3 atom stereocenters. The number of pyridine rings is 1. The average molecular weight is 340 g/mol. The molecular formula is C19H24N4S. The summed E-state index contributed by atoms with van der Waals surface area (Å²) in [5.41, 5.74) is 3.76. The lowest BCUT2D eigenvalue weighted by molar-refractivity contribution is 0.245. The van der Waals surface area contributed by atoms with Crippen molar-refractivity contribution in [2.24, 2.45) is 4.99 Å². The quantitative estimate of drug-likeness (QED) is 0.837. The molecule has 0 aliphatic carbocycles. The summed E-state index contributed by atoms with van der Waals surface area (Å²) in [6.07, 6.45) is 3.04. The monoisotopic (exact) mass is 340 g/mol. The van der Waals surface area contributed by atoms with E-state index in [2.05, 4.69) is 59.5 Å². The predicted octanol–water partition coefficient (Wildman–Crippen LogP) is 4.19. The molecule has 2 aromatic rings. The van der Waals surface area contributed by atoms with E-state index in [1.165, 1.54) is 16.6 Å². The molecule has 1 fully saturated rings. The van der Waals surface area contributed by atoms with E-state index in [4.69, 9.17) is 4.99 Å². The van der Waals surface area contributed by atoms with Crippen LogP contribution in [0.25, 0.3) is 0 Å². The number of fused-ring (bicyclic) bond motifs is 1. The van der Waals surface area contributed by atoms with Crippen molar-refractivity contribution in [2.45, 2.75) is 51.9 Å². The van der Waals surface area contributed by atoms with E-state index in [0.29, 0.717) is 6.04 Å². The number of hydrogen-bond acceptors (Lipinski definition) is 4. The Hall–Kier alpha value is -1.75. The fourth-order valence-electron chi connectivity index (χ4n) is 3.95. The van der Waals surface area contributed by atoms with Crippen LogP contribution in [0.2, 0.25) is 0 Å². The van der Waals surface area contributed by atoms with Crippen molar-refractivity contribution in [3.8, 4) is 0 Å². The van der Waals surface area contributed by atoms with Crippen LogP contribution in [0.4, 0.5) is 0 Å². The van der Waals surface area contributed by atoms with E-state index < -0.39 is 0 Å². The van der Waals surface area contributed by atoms with Crippen molar-refractivity contribution in [3.05, 3.63) is 53.6 Å². The number of aliphatic imine (C=N–C) groups is 1. The van der Waals surface area contributed by atoms with Gasteiger partial charge in [-0.15, -0.1) is 0 Å². The Morgan fingerprint density at radius 1 is 1.21 bits per heavy atom. The van der Waals surface area contributed by atoms with E-state index in [-0.39, 0.29) is 12.1 Å². The first-order valence-electron chi connectivity index (χ1n) is 8.80.